The lowest BCUT2D eigenvalue weighted by Crippen LogP contribution is -2.17. The minimum atomic E-state index is 0.506. The Morgan fingerprint density at radius 3 is 2.94 bits per heavy atom. The Hall–Kier alpha value is -0.480. The molecular weight excluding hydrogens is 254 g/mol. The van der Waals surface area contributed by atoms with Crippen LogP contribution in [0.15, 0.2) is 11.2 Å². The van der Waals surface area contributed by atoms with Crippen LogP contribution in [-0.4, -0.2) is 22.8 Å². The molecule has 1 heterocycles. The highest BCUT2D eigenvalue weighted by Gasteiger charge is 2.22. The summed E-state index contributed by atoms with van der Waals surface area (Å²) in [4.78, 5) is 8.52. The third-order valence-electron chi connectivity index (χ3n) is 3.44. The van der Waals surface area contributed by atoms with Gasteiger partial charge >= 0.3 is 0 Å². The molecule has 0 amide bonds. The maximum absolute atomic E-state index is 5.95. The Morgan fingerprint density at radius 2 is 2.29 bits per heavy atom. The average Bonchev–Trinajstić information content (AvgIpc) is 2.71. The Balaban J connectivity index is 1.96. The molecule has 0 aromatic carbocycles. The van der Waals surface area contributed by atoms with Gasteiger partial charge in [-0.3, -0.25) is 0 Å². The molecule has 0 saturated heterocycles. The Bertz CT molecular complexity index is 386. The van der Waals surface area contributed by atoms with Crippen molar-refractivity contribution in [2.24, 2.45) is 11.8 Å². The third-order valence-corrected chi connectivity index (χ3v) is 4.18. The van der Waals surface area contributed by atoms with Gasteiger partial charge < -0.3 is 5.32 Å². The van der Waals surface area contributed by atoms with Crippen LogP contribution in [0, 0.1) is 11.8 Å². The van der Waals surface area contributed by atoms with Gasteiger partial charge in [-0.15, -0.1) is 0 Å². The molecule has 94 valence electrons. The van der Waals surface area contributed by atoms with Crippen molar-refractivity contribution >= 4 is 29.2 Å². The van der Waals surface area contributed by atoms with Crippen LogP contribution < -0.4 is 5.32 Å². The van der Waals surface area contributed by atoms with Crippen LogP contribution in [0.4, 0.5) is 5.82 Å². The molecule has 1 fully saturated rings. The van der Waals surface area contributed by atoms with Gasteiger partial charge in [0.15, 0.2) is 5.16 Å². The number of rotatable bonds is 4. The summed E-state index contributed by atoms with van der Waals surface area (Å²) in [5.74, 6) is 2.43. The van der Waals surface area contributed by atoms with E-state index in [1.807, 2.05) is 6.26 Å². The highest BCUT2D eigenvalue weighted by atomic mass is 35.5. The lowest BCUT2D eigenvalue weighted by Gasteiger charge is -2.16. The number of halogens is 1. The van der Waals surface area contributed by atoms with Gasteiger partial charge in [0.05, 0.1) is 0 Å². The maximum Gasteiger partial charge on any atom is 0.190 e. The van der Waals surface area contributed by atoms with Gasteiger partial charge in [0.1, 0.15) is 11.0 Å². The first-order chi connectivity index (χ1) is 8.19. The quantitative estimate of drug-likeness (QED) is 0.515. The van der Waals surface area contributed by atoms with E-state index in [1.54, 1.807) is 6.07 Å². The molecule has 1 aromatic rings. The van der Waals surface area contributed by atoms with Crippen molar-refractivity contribution in [2.45, 2.75) is 31.3 Å². The highest BCUT2D eigenvalue weighted by molar-refractivity contribution is 7.98. The van der Waals surface area contributed by atoms with E-state index in [-0.39, 0.29) is 0 Å². The van der Waals surface area contributed by atoms with Gasteiger partial charge in [0.2, 0.25) is 0 Å². The van der Waals surface area contributed by atoms with Crippen molar-refractivity contribution in [3.8, 4) is 0 Å². The van der Waals surface area contributed by atoms with Crippen LogP contribution in [-0.2, 0) is 0 Å². The fourth-order valence-corrected chi connectivity index (χ4v) is 2.95. The fraction of sp³-hybridized carbons (Fsp3) is 0.667. The molecule has 1 N–H and O–H groups in total. The van der Waals surface area contributed by atoms with Crippen LogP contribution in [0.2, 0.25) is 5.15 Å². The van der Waals surface area contributed by atoms with Crippen molar-refractivity contribution < 1.29 is 0 Å². The Labute approximate surface area is 112 Å². The fourth-order valence-electron chi connectivity index (χ4n) is 2.34. The van der Waals surface area contributed by atoms with Gasteiger partial charge in [0.25, 0.3) is 0 Å². The summed E-state index contributed by atoms with van der Waals surface area (Å²) < 4.78 is 0. The van der Waals surface area contributed by atoms with E-state index < -0.39 is 0 Å². The summed E-state index contributed by atoms with van der Waals surface area (Å²) in [5, 5.41) is 4.61. The lowest BCUT2D eigenvalue weighted by molar-refractivity contribution is 0.439. The summed E-state index contributed by atoms with van der Waals surface area (Å²) in [6.07, 6.45) is 5.98. The van der Waals surface area contributed by atoms with Gasteiger partial charge in [-0.2, -0.15) is 0 Å². The molecule has 2 atom stereocenters. The third kappa shape index (κ3) is 3.49. The van der Waals surface area contributed by atoms with Crippen LogP contribution >= 0.6 is 23.4 Å². The molecular formula is C12H18ClN3S. The van der Waals surface area contributed by atoms with Crippen molar-refractivity contribution in [3.05, 3.63) is 11.2 Å². The first kappa shape index (κ1) is 13.0. The molecule has 3 nitrogen and oxygen atoms in total. The molecule has 1 aliphatic carbocycles. The molecule has 0 aliphatic heterocycles. The lowest BCUT2D eigenvalue weighted by atomic mass is 9.98. The Kier molecular flexibility index (Phi) is 4.51. The normalized spacial score (nSPS) is 23.9. The largest absolute Gasteiger partial charge is 0.370 e. The maximum atomic E-state index is 5.95. The van der Waals surface area contributed by atoms with Crippen molar-refractivity contribution in [2.75, 3.05) is 18.1 Å². The zero-order chi connectivity index (χ0) is 12.3. The zero-order valence-corrected chi connectivity index (χ0v) is 11.8. The van der Waals surface area contributed by atoms with Crippen LogP contribution in [0.3, 0.4) is 0 Å². The molecule has 0 radical (unpaired) electrons. The number of aromatic nitrogens is 2. The number of nitrogens with one attached hydrogen (secondary N) is 1. The molecule has 2 rings (SSSR count). The summed E-state index contributed by atoms with van der Waals surface area (Å²) in [6.45, 7) is 3.32. The molecule has 1 saturated carbocycles. The van der Waals surface area contributed by atoms with Crippen molar-refractivity contribution in [1.82, 2.24) is 9.97 Å². The second kappa shape index (κ2) is 5.91. The zero-order valence-electron chi connectivity index (χ0n) is 10.2. The first-order valence-corrected chi connectivity index (χ1v) is 7.61. The van der Waals surface area contributed by atoms with E-state index in [0.29, 0.717) is 5.15 Å². The number of hydrogen-bond acceptors (Lipinski definition) is 4. The molecule has 1 aliphatic rings. The van der Waals surface area contributed by atoms with E-state index in [9.17, 15) is 0 Å². The first-order valence-electron chi connectivity index (χ1n) is 6.01. The minimum Gasteiger partial charge on any atom is -0.370 e. The molecule has 17 heavy (non-hydrogen) atoms. The topological polar surface area (TPSA) is 37.8 Å². The number of nitrogens with zero attached hydrogens (tertiary/aromatic N) is 2. The van der Waals surface area contributed by atoms with Gasteiger partial charge in [-0.1, -0.05) is 43.1 Å². The number of hydrogen-bond donors (Lipinski definition) is 1. The molecule has 2 unspecified atom stereocenters. The highest BCUT2D eigenvalue weighted by Crippen LogP contribution is 2.31. The predicted molar refractivity (Wildman–Crippen MR) is 73.8 cm³/mol. The second-order valence-electron chi connectivity index (χ2n) is 4.61. The average molecular weight is 272 g/mol. The van der Waals surface area contributed by atoms with E-state index in [1.165, 1.54) is 31.0 Å². The van der Waals surface area contributed by atoms with Gasteiger partial charge in [-0.05, 0) is 24.5 Å². The van der Waals surface area contributed by atoms with E-state index in [2.05, 4.69) is 22.2 Å². The molecule has 1 aromatic heterocycles. The van der Waals surface area contributed by atoms with E-state index in [0.717, 1.165) is 29.4 Å². The van der Waals surface area contributed by atoms with Crippen molar-refractivity contribution in [3.63, 3.8) is 0 Å². The standard InChI is InChI=1S/C12H18ClN3S/c1-8-4-3-5-9(8)7-14-11-6-10(13)15-12(16-11)17-2/h6,8-9H,3-5,7H2,1-2H3,(H,14,15,16). The molecule has 0 bridgehead atoms. The van der Waals surface area contributed by atoms with Crippen LogP contribution in [0.5, 0.6) is 0 Å². The van der Waals surface area contributed by atoms with Gasteiger partial charge in [0, 0.05) is 12.6 Å². The summed E-state index contributed by atoms with van der Waals surface area (Å²) in [6, 6.07) is 1.79. The van der Waals surface area contributed by atoms with Crippen LogP contribution in [0.1, 0.15) is 26.2 Å². The smallest absolute Gasteiger partial charge is 0.190 e. The summed E-state index contributed by atoms with van der Waals surface area (Å²) in [7, 11) is 0. The number of anilines is 1. The Morgan fingerprint density at radius 1 is 1.47 bits per heavy atom. The van der Waals surface area contributed by atoms with Gasteiger partial charge in [-0.25, -0.2) is 9.97 Å². The molecule has 5 heteroatoms. The second-order valence-corrected chi connectivity index (χ2v) is 5.77. The van der Waals surface area contributed by atoms with E-state index >= 15 is 0 Å². The number of thioether (sulfide) groups is 1. The molecule has 0 spiro atoms. The minimum absolute atomic E-state index is 0.506. The SMILES string of the molecule is CSc1nc(Cl)cc(NCC2CCCC2C)n1. The predicted octanol–water partition coefficient (Wildman–Crippen LogP) is 3.70. The monoisotopic (exact) mass is 271 g/mol. The van der Waals surface area contributed by atoms with Crippen LogP contribution in [0.25, 0.3) is 0 Å². The summed E-state index contributed by atoms with van der Waals surface area (Å²) >= 11 is 7.46. The van der Waals surface area contributed by atoms with E-state index in [4.69, 9.17) is 11.6 Å². The summed E-state index contributed by atoms with van der Waals surface area (Å²) in [5.41, 5.74) is 0. The van der Waals surface area contributed by atoms with Crippen molar-refractivity contribution in [1.29, 1.82) is 0 Å².